The number of halogens is 2. The van der Waals surface area contributed by atoms with Crippen LogP contribution in [0, 0.1) is 27.7 Å². The monoisotopic (exact) mass is 256 g/mol. The van der Waals surface area contributed by atoms with Gasteiger partial charge in [-0.25, -0.2) is 4.39 Å². The highest BCUT2D eigenvalue weighted by Gasteiger charge is 2.25. The third-order valence-corrected chi connectivity index (χ3v) is 2.73. The van der Waals surface area contributed by atoms with Crippen molar-refractivity contribution in [1.82, 2.24) is 5.32 Å². The molecule has 7 heteroatoms. The van der Waals surface area contributed by atoms with E-state index in [1.54, 1.807) is 0 Å². The first kappa shape index (κ1) is 12.4. The van der Waals surface area contributed by atoms with Gasteiger partial charge in [-0.05, 0) is 24.8 Å². The summed E-state index contributed by atoms with van der Waals surface area (Å²) in [5, 5.41) is 12.8. The van der Waals surface area contributed by atoms with Gasteiger partial charge < -0.3 is 5.32 Å². The molecule has 1 aliphatic rings. The van der Waals surface area contributed by atoms with Crippen LogP contribution < -0.4 is 5.32 Å². The molecule has 0 saturated heterocycles. The van der Waals surface area contributed by atoms with Gasteiger partial charge in [-0.15, -0.1) is 0 Å². The fourth-order valence-electron chi connectivity index (χ4n) is 1.50. The summed E-state index contributed by atoms with van der Waals surface area (Å²) in [5.41, 5.74) is -1.50. The molecule has 0 aliphatic heterocycles. The van der Waals surface area contributed by atoms with Gasteiger partial charge in [-0.2, -0.15) is 4.39 Å². The highest BCUT2D eigenvalue weighted by Crippen LogP contribution is 2.28. The summed E-state index contributed by atoms with van der Waals surface area (Å²) in [5.74, 6) is -2.68. The van der Waals surface area contributed by atoms with Gasteiger partial charge in [0.1, 0.15) is 5.82 Å². The lowest BCUT2D eigenvalue weighted by Crippen LogP contribution is -2.26. The number of amides is 1. The molecular formula is C11H10F2N2O3. The van der Waals surface area contributed by atoms with Crippen molar-refractivity contribution in [3.05, 3.63) is 39.4 Å². The van der Waals surface area contributed by atoms with Crippen LogP contribution in [0.15, 0.2) is 12.1 Å². The average Bonchev–Trinajstić information content (AvgIpc) is 3.12. The Hall–Kier alpha value is -2.05. The van der Waals surface area contributed by atoms with Crippen molar-refractivity contribution >= 4 is 11.6 Å². The Morgan fingerprint density at radius 2 is 2.06 bits per heavy atom. The van der Waals surface area contributed by atoms with E-state index in [1.165, 1.54) is 0 Å². The largest absolute Gasteiger partial charge is 0.352 e. The van der Waals surface area contributed by atoms with Crippen molar-refractivity contribution in [3.8, 4) is 0 Å². The second-order valence-corrected chi connectivity index (χ2v) is 4.19. The summed E-state index contributed by atoms with van der Waals surface area (Å²) in [6.07, 6.45) is 2.02. The van der Waals surface area contributed by atoms with E-state index in [4.69, 9.17) is 0 Å². The lowest BCUT2D eigenvalue weighted by molar-refractivity contribution is -0.387. The number of nitro benzene ring substituents is 1. The summed E-state index contributed by atoms with van der Waals surface area (Å²) in [4.78, 5) is 20.9. The number of hydrogen-bond acceptors (Lipinski definition) is 3. The van der Waals surface area contributed by atoms with Crippen LogP contribution in [0.2, 0.25) is 0 Å². The summed E-state index contributed by atoms with van der Waals surface area (Å²) in [7, 11) is 0. The molecule has 18 heavy (non-hydrogen) atoms. The first-order chi connectivity index (χ1) is 8.49. The zero-order valence-electron chi connectivity index (χ0n) is 9.28. The topological polar surface area (TPSA) is 72.2 Å². The van der Waals surface area contributed by atoms with Crippen molar-refractivity contribution in [1.29, 1.82) is 0 Å². The molecule has 2 rings (SSSR count). The standard InChI is InChI=1S/C11H10F2N2O3/c12-8-4-10(15(17)18)9(13)3-7(8)11(16)14-5-6-1-2-6/h3-4,6H,1-2,5H2,(H,14,16). The third kappa shape index (κ3) is 2.61. The molecule has 0 radical (unpaired) electrons. The van der Waals surface area contributed by atoms with Gasteiger partial charge in [0.25, 0.3) is 5.91 Å². The van der Waals surface area contributed by atoms with Crippen molar-refractivity contribution in [2.75, 3.05) is 6.54 Å². The van der Waals surface area contributed by atoms with E-state index in [9.17, 15) is 23.7 Å². The summed E-state index contributed by atoms with van der Waals surface area (Å²) in [6.45, 7) is 0.414. The van der Waals surface area contributed by atoms with Crippen molar-refractivity contribution in [3.63, 3.8) is 0 Å². The lowest BCUT2D eigenvalue weighted by Gasteiger charge is -2.05. The molecule has 96 valence electrons. The lowest BCUT2D eigenvalue weighted by atomic mass is 10.1. The Morgan fingerprint density at radius 3 is 2.61 bits per heavy atom. The minimum absolute atomic E-state index is 0.403. The first-order valence-electron chi connectivity index (χ1n) is 5.40. The van der Waals surface area contributed by atoms with Crippen LogP contribution in [0.5, 0.6) is 0 Å². The normalized spacial score (nSPS) is 14.3. The predicted octanol–water partition coefficient (Wildman–Crippen LogP) is 2.01. The van der Waals surface area contributed by atoms with E-state index in [0.717, 1.165) is 12.8 Å². The van der Waals surface area contributed by atoms with Gasteiger partial charge in [0.2, 0.25) is 5.82 Å². The number of carbonyl (C=O) groups is 1. The van der Waals surface area contributed by atoms with E-state index in [0.29, 0.717) is 24.6 Å². The molecular weight excluding hydrogens is 246 g/mol. The number of nitro groups is 1. The zero-order valence-corrected chi connectivity index (χ0v) is 9.28. The van der Waals surface area contributed by atoms with Crippen LogP contribution in [0.25, 0.3) is 0 Å². The highest BCUT2D eigenvalue weighted by atomic mass is 19.1. The quantitative estimate of drug-likeness (QED) is 0.661. The Kier molecular flexibility index (Phi) is 3.22. The molecule has 1 amide bonds. The summed E-state index contributed by atoms with van der Waals surface area (Å²) < 4.78 is 26.7. The van der Waals surface area contributed by atoms with Gasteiger partial charge in [0, 0.05) is 6.54 Å². The molecule has 1 aromatic carbocycles. The fourth-order valence-corrected chi connectivity index (χ4v) is 1.50. The van der Waals surface area contributed by atoms with Gasteiger partial charge in [-0.1, -0.05) is 0 Å². The first-order valence-corrected chi connectivity index (χ1v) is 5.40. The molecule has 1 saturated carbocycles. The Morgan fingerprint density at radius 1 is 1.39 bits per heavy atom. The van der Waals surface area contributed by atoms with Crippen LogP contribution in [0.4, 0.5) is 14.5 Å². The number of rotatable bonds is 4. The minimum atomic E-state index is -1.22. The fraction of sp³-hybridized carbons (Fsp3) is 0.364. The van der Waals surface area contributed by atoms with E-state index < -0.39 is 33.7 Å². The van der Waals surface area contributed by atoms with E-state index in [2.05, 4.69) is 5.32 Å². The third-order valence-electron chi connectivity index (χ3n) is 2.73. The molecule has 0 heterocycles. The highest BCUT2D eigenvalue weighted by molar-refractivity contribution is 5.94. The molecule has 1 aromatic rings. The maximum atomic E-state index is 13.4. The number of nitrogens with zero attached hydrogens (tertiary/aromatic N) is 1. The maximum Gasteiger partial charge on any atom is 0.307 e. The average molecular weight is 256 g/mol. The van der Waals surface area contributed by atoms with Gasteiger partial charge in [-0.3, -0.25) is 14.9 Å². The second kappa shape index (κ2) is 4.67. The zero-order chi connectivity index (χ0) is 13.3. The molecule has 0 spiro atoms. The van der Waals surface area contributed by atoms with Crippen LogP contribution in [-0.4, -0.2) is 17.4 Å². The van der Waals surface area contributed by atoms with Crippen molar-refractivity contribution in [2.24, 2.45) is 5.92 Å². The van der Waals surface area contributed by atoms with Gasteiger partial charge in [0.15, 0.2) is 0 Å². The predicted molar refractivity (Wildman–Crippen MR) is 58.1 cm³/mol. The van der Waals surface area contributed by atoms with Crippen LogP contribution in [0.1, 0.15) is 23.2 Å². The van der Waals surface area contributed by atoms with Crippen LogP contribution in [-0.2, 0) is 0 Å². The van der Waals surface area contributed by atoms with Gasteiger partial charge in [0.05, 0.1) is 16.6 Å². The molecule has 0 atom stereocenters. The SMILES string of the molecule is O=C(NCC1CC1)c1cc(F)c([N+](=O)[O-])cc1F. The number of carbonyl (C=O) groups excluding carboxylic acids is 1. The van der Waals surface area contributed by atoms with Crippen LogP contribution in [0.3, 0.4) is 0 Å². The molecule has 0 unspecified atom stereocenters. The summed E-state index contributed by atoms with van der Waals surface area (Å²) in [6, 6.07) is 0.969. The van der Waals surface area contributed by atoms with E-state index in [-0.39, 0.29) is 0 Å². The Labute approximate surface area is 101 Å². The summed E-state index contributed by atoms with van der Waals surface area (Å²) >= 11 is 0. The van der Waals surface area contributed by atoms with E-state index in [1.807, 2.05) is 0 Å². The Bertz CT molecular complexity index is 515. The smallest absolute Gasteiger partial charge is 0.307 e. The number of benzene rings is 1. The second-order valence-electron chi connectivity index (χ2n) is 4.19. The molecule has 1 aliphatic carbocycles. The number of nitrogens with one attached hydrogen (secondary N) is 1. The molecule has 0 bridgehead atoms. The number of hydrogen-bond donors (Lipinski definition) is 1. The minimum Gasteiger partial charge on any atom is -0.352 e. The van der Waals surface area contributed by atoms with Crippen LogP contribution >= 0.6 is 0 Å². The van der Waals surface area contributed by atoms with Gasteiger partial charge >= 0.3 is 5.69 Å². The van der Waals surface area contributed by atoms with E-state index >= 15 is 0 Å². The molecule has 0 aromatic heterocycles. The molecule has 1 fully saturated rings. The van der Waals surface area contributed by atoms with Crippen molar-refractivity contribution < 1.29 is 18.5 Å². The Balaban J connectivity index is 2.19. The molecule has 5 nitrogen and oxygen atoms in total. The maximum absolute atomic E-state index is 13.4. The molecule has 1 N–H and O–H groups in total. The van der Waals surface area contributed by atoms with Crippen molar-refractivity contribution in [2.45, 2.75) is 12.8 Å².